The Morgan fingerprint density at radius 2 is 1.93 bits per heavy atom. The summed E-state index contributed by atoms with van der Waals surface area (Å²) in [7, 11) is 0. The van der Waals surface area contributed by atoms with E-state index in [-0.39, 0.29) is 38.4 Å². The number of carboxylic acid groups (broad SMARTS) is 1. The van der Waals surface area contributed by atoms with Crippen molar-refractivity contribution in [1.29, 1.82) is 5.26 Å². The predicted octanol–water partition coefficient (Wildman–Crippen LogP) is 5.45. The first-order valence-electron chi connectivity index (χ1n) is 7.49. The third kappa shape index (κ3) is 3.86. The molecule has 1 N–H and O–H groups in total. The van der Waals surface area contributed by atoms with E-state index in [4.69, 9.17) is 43.0 Å². The van der Waals surface area contributed by atoms with E-state index in [0.717, 1.165) is 12.1 Å². The Balaban J connectivity index is 2.01. The third-order valence-corrected chi connectivity index (χ3v) is 4.36. The number of carboxylic acids is 1. The van der Waals surface area contributed by atoms with E-state index < -0.39 is 23.8 Å². The highest BCUT2D eigenvalue weighted by atomic mass is 35.5. The summed E-state index contributed by atoms with van der Waals surface area (Å²) in [6.07, 6.45) is -6.71. The van der Waals surface area contributed by atoms with Gasteiger partial charge in [0.2, 0.25) is 6.10 Å². The van der Waals surface area contributed by atoms with Gasteiger partial charge < -0.3 is 14.6 Å². The monoisotopic (exact) mass is 429 g/mol. The minimum Gasteiger partial charge on any atom is -0.478 e. The molecule has 0 aromatic heterocycles. The van der Waals surface area contributed by atoms with Crippen molar-refractivity contribution in [2.45, 2.75) is 12.3 Å². The Labute approximate surface area is 166 Å². The van der Waals surface area contributed by atoms with Crippen LogP contribution in [0.3, 0.4) is 0 Å². The van der Waals surface area contributed by atoms with Crippen molar-refractivity contribution >= 4 is 35.2 Å². The predicted molar refractivity (Wildman–Crippen MR) is 93.8 cm³/mol. The second-order valence-corrected chi connectivity index (χ2v) is 6.43. The number of nitriles is 1. The molecular formula is C18H8Cl2F3NO4. The van der Waals surface area contributed by atoms with Crippen LogP contribution < -0.4 is 9.47 Å². The summed E-state index contributed by atoms with van der Waals surface area (Å²) in [5, 5.41) is 18.2. The van der Waals surface area contributed by atoms with Crippen molar-refractivity contribution in [3.63, 3.8) is 0 Å². The maximum absolute atomic E-state index is 13.2. The standard InChI is InChI=1S/C18H8Cl2F3NO4/c19-12-2-1-10(3-9(12)7-24)27-15-6-14-8(5-13(15)20)4-11(17(25)26)16(28-14)18(21,22)23/h1-6,16H,(H,25,26). The zero-order valence-electron chi connectivity index (χ0n) is 13.6. The van der Waals surface area contributed by atoms with E-state index in [2.05, 4.69) is 0 Å². The molecule has 0 spiro atoms. The summed E-state index contributed by atoms with van der Waals surface area (Å²) in [5.41, 5.74) is -0.763. The number of benzene rings is 2. The number of rotatable bonds is 3. The molecule has 1 aliphatic rings. The molecule has 1 unspecified atom stereocenters. The van der Waals surface area contributed by atoms with Crippen molar-refractivity contribution in [3.05, 3.63) is 57.1 Å². The first-order chi connectivity index (χ1) is 13.1. The molecule has 1 aliphatic heterocycles. The number of hydrogen-bond donors (Lipinski definition) is 1. The van der Waals surface area contributed by atoms with E-state index in [0.29, 0.717) is 0 Å². The first-order valence-corrected chi connectivity index (χ1v) is 8.25. The molecule has 3 rings (SSSR count). The second-order valence-electron chi connectivity index (χ2n) is 5.62. The van der Waals surface area contributed by atoms with Crippen molar-refractivity contribution in [3.8, 4) is 23.3 Å². The Hall–Kier alpha value is -2.89. The van der Waals surface area contributed by atoms with Crippen LogP contribution in [-0.2, 0) is 4.79 Å². The normalized spacial score (nSPS) is 15.7. The lowest BCUT2D eigenvalue weighted by Gasteiger charge is -2.27. The van der Waals surface area contributed by atoms with Gasteiger partial charge in [0.1, 0.15) is 23.3 Å². The quantitative estimate of drug-likeness (QED) is 0.701. The molecule has 0 bridgehead atoms. The zero-order chi connectivity index (χ0) is 20.6. The summed E-state index contributed by atoms with van der Waals surface area (Å²) in [6, 6.07) is 8.40. The van der Waals surface area contributed by atoms with Gasteiger partial charge >= 0.3 is 12.1 Å². The first kappa shape index (κ1) is 19.9. The van der Waals surface area contributed by atoms with E-state index in [9.17, 15) is 18.0 Å². The molecule has 0 aliphatic carbocycles. The molecule has 0 saturated carbocycles. The van der Waals surface area contributed by atoms with Crippen LogP contribution in [-0.4, -0.2) is 23.4 Å². The highest BCUT2D eigenvalue weighted by Gasteiger charge is 2.48. The third-order valence-electron chi connectivity index (χ3n) is 3.73. The summed E-state index contributed by atoms with van der Waals surface area (Å²) in [6.45, 7) is 0. The summed E-state index contributed by atoms with van der Waals surface area (Å²) < 4.78 is 49.9. The van der Waals surface area contributed by atoms with E-state index in [1.807, 2.05) is 6.07 Å². The molecular weight excluding hydrogens is 422 g/mol. The molecule has 2 aromatic rings. The van der Waals surface area contributed by atoms with Gasteiger partial charge in [-0.15, -0.1) is 0 Å². The van der Waals surface area contributed by atoms with Gasteiger partial charge in [-0.1, -0.05) is 23.2 Å². The topological polar surface area (TPSA) is 79.5 Å². The van der Waals surface area contributed by atoms with Gasteiger partial charge in [0.05, 0.1) is 21.2 Å². The lowest BCUT2D eigenvalue weighted by atomic mass is 10.0. The Bertz CT molecular complexity index is 1040. The molecule has 28 heavy (non-hydrogen) atoms. The minimum atomic E-state index is -4.93. The number of halogens is 5. The smallest absolute Gasteiger partial charge is 0.430 e. The molecule has 1 atom stereocenters. The minimum absolute atomic E-state index is 0.00209. The maximum atomic E-state index is 13.2. The van der Waals surface area contributed by atoms with Gasteiger partial charge in [0.15, 0.2) is 0 Å². The second kappa shape index (κ2) is 7.26. The largest absolute Gasteiger partial charge is 0.478 e. The van der Waals surface area contributed by atoms with E-state index >= 15 is 0 Å². The fourth-order valence-electron chi connectivity index (χ4n) is 2.47. The number of ether oxygens (including phenoxy) is 2. The van der Waals surface area contributed by atoms with Crippen molar-refractivity contribution in [1.82, 2.24) is 0 Å². The van der Waals surface area contributed by atoms with E-state index in [1.54, 1.807) is 0 Å². The van der Waals surface area contributed by atoms with Gasteiger partial charge in [-0.2, -0.15) is 18.4 Å². The Kier molecular flexibility index (Phi) is 5.15. The summed E-state index contributed by atoms with van der Waals surface area (Å²) in [4.78, 5) is 11.2. The van der Waals surface area contributed by atoms with Crippen LogP contribution >= 0.6 is 23.2 Å². The fourth-order valence-corrected chi connectivity index (χ4v) is 2.84. The van der Waals surface area contributed by atoms with Crippen molar-refractivity contribution < 1.29 is 32.5 Å². The number of fused-ring (bicyclic) bond motifs is 1. The number of hydrogen-bond acceptors (Lipinski definition) is 4. The van der Waals surface area contributed by atoms with Gasteiger partial charge in [-0.05, 0) is 24.3 Å². The highest BCUT2D eigenvalue weighted by molar-refractivity contribution is 6.32. The molecule has 0 fully saturated rings. The number of aliphatic carboxylic acids is 1. The van der Waals surface area contributed by atoms with Crippen LogP contribution in [0.4, 0.5) is 13.2 Å². The summed E-state index contributed by atoms with van der Waals surface area (Å²) in [5.74, 6) is -1.87. The maximum Gasteiger partial charge on any atom is 0.430 e. The van der Waals surface area contributed by atoms with Crippen LogP contribution in [0.5, 0.6) is 17.2 Å². The van der Waals surface area contributed by atoms with Crippen LogP contribution in [0.15, 0.2) is 35.9 Å². The Morgan fingerprint density at radius 3 is 2.54 bits per heavy atom. The van der Waals surface area contributed by atoms with Gasteiger partial charge in [0.25, 0.3) is 0 Å². The molecule has 5 nitrogen and oxygen atoms in total. The number of carbonyl (C=O) groups is 1. The summed E-state index contributed by atoms with van der Waals surface area (Å²) >= 11 is 11.9. The fraction of sp³-hybridized carbons (Fsp3) is 0.111. The lowest BCUT2D eigenvalue weighted by Crippen LogP contribution is -2.40. The average Bonchev–Trinajstić information content (AvgIpc) is 2.62. The van der Waals surface area contributed by atoms with Crippen LogP contribution in [0.1, 0.15) is 11.1 Å². The van der Waals surface area contributed by atoms with Gasteiger partial charge in [0, 0.05) is 17.7 Å². The van der Waals surface area contributed by atoms with Crippen LogP contribution in [0.25, 0.3) is 6.08 Å². The molecule has 2 aromatic carbocycles. The Morgan fingerprint density at radius 1 is 1.21 bits per heavy atom. The molecule has 10 heteroatoms. The molecule has 0 amide bonds. The molecule has 1 heterocycles. The molecule has 0 radical (unpaired) electrons. The SMILES string of the molecule is N#Cc1cc(Oc2cc3c(cc2Cl)C=C(C(=O)O)C(C(F)(F)F)O3)ccc1Cl. The number of nitrogens with zero attached hydrogens (tertiary/aromatic N) is 1. The number of alkyl halides is 3. The molecule has 144 valence electrons. The van der Waals surface area contributed by atoms with Crippen LogP contribution in [0, 0.1) is 11.3 Å². The van der Waals surface area contributed by atoms with E-state index in [1.165, 1.54) is 24.3 Å². The van der Waals surface area contributed by atoms with Crippen LogP contribution in [0.2, 0.25) is 10.0 Å². The van der Waals surface area contributed by atoms with Gasteiger partial charge in [-0.25, -0.2) is 4.79 Å². The average molecular weight is 430 g/mol. The molecule has 0 saturated heterocycles. The zero-order valence-corrected chi connectivity index (χ0v) is 15.1. The lowest BCUT2D eigenvalue weighted by molar-refractivity contribution is -0.187. The van der Waals surface area contributed by atoms with Crippen molar-refractivity contribution in [2.24, 2.45) is 0 Å². The van der Waals surface area contributed by atoms with Gasteiger partial charge in [-0.3, -0.25) is 0 Å². The van der Waals surface area contributed by atoms with Crippen molar-refractivity contribution in [2.75, 3.05) is 0 Å². The highest BCUT2D eigenvalue weighted by Crippen LogP contribution is 2.42.